The first-order chi connectivity index (χ1) is 10.4. The number of hydrogen-bond acceptors (Lipinski definition) is 2. The Morgan fingerprint density at radius 3 is 2.45 bits per heavy atom. The number of rotatable bonds is 5. The van der Waals surface area contributed by atoms with Gasteiger partial charge in [0.25, 0.3) is 0 Å². The van der Waals surface area contributed by atoms with Crippen molar-refractivity contribution in [3.8, 4) is 0 Å². The molecule has 1 aliphatic rings. The van der Waals surface area contributed by atoms with Crippen LogP contribution in [0.25, 0.3) is 0 Å². The van der Waals surface area contributed by atoms with Crippen LogP contribution in [0.2, 0.25) is 0 Å². The van der Waals surface area contributed by atoms with E-state index in [9.17, 15) is 0 Å². The summed E-state index contributed by atoms with van der Waals surface area (Å²) in [6.45, 7) is 11.0. The summed E-state index contributed by atoms with van der Waals surface area (Å²) in [5.41, 5.74) is 5.57. The van der Waals surface area contributed by atoms with Crippen molar-refractivity contribution in [3.05, 3.63) is 58.7 Å². The van der Waals surface area contributed by atoms with Crippen LogP contribution < -0.4 is 0 Å². The highest BCUT2D eigenvalue weighted by Crippen LogP contribution is 2.40. The topological polar surface area (TPSA) is 32.6 Å². The number of oxime groups is 1. The van der Waals surface area contributed by atoms with Gasteiger partial charge in [-0.3, -0.25) is 0 Å². The largest absolute Gasteiger partial charge is 0.411 e. The zero-order chi connectivity index (χ0) is 16.6. The van der Waals surface area contributed by atoms with E-state index in [1.54, 1.807) is 6.08 Å². The molecule has 2 nitrogen and oxygen atoms in total. The number of allylic oxidation sites excluding steroid dienone is 10. The van der Waals surface area contributed by atoms with Crippen molar-refractivity contribution in [2.24, 2.45) is 10.6 Å². The molecule has 0 spiro atoms. The van der Waals surface area contributed by atoms with Gasteiger partial charge >= 0.3 is 0 Å². The molecule has 0 aromatic carbocycles. The minimum absolute atomic E-state index is 0.290. The lowest BCUT2D eigenvalue weighted by Crippen LogP contribution is -2.19. The Balaban J connectivity index is 2.77. The van der Waals surface area contributed by atoms with E-state index < -0.39 is 0 Å². The Morgan fingerprint density at radius 1 is 1.14 bits per heavy atom. The van der Waals surface area contributed by atoms with Crippen molar-refractivity contribution in [2.45, 2.75) is 53.9 Å². The molecule has 0 aromatic heterocycles. The van der Waals surface area contributed by atoms with E-state index in [0.29, 0.717) is 0 Å². The lowest BCUT2D eigenvalue weighted by Gasteiger charge is -2.32. The molecule has 120 valence electrons. The van der Waals surface area contributed by atoms with Gasteiger partial charge in [-0.1, -0.05) is 60.5 Å². The predicted molar refractivity (Wildman–Crippen MR) is 96.4 cm³/mol. The van der Waals surface area contributed by atoms with Crippen LogP contribution in [0.1, 0.15) is 53.9 Å². The van der Waals surface area contributed by atoms with Crippen molar-refractivity contribution >= 4 is 6.21 Å². The second kappa shape index (κ2) is 8.57. The zero-order valence-electron chi connectivity index (χ0n) is 14.6. The van der Waals surface area contributed by atoms with Gasteiger partial charge in [-0.2, -0.15) is 0 Å². The molecule has 2 heteroatoms. The molecule has 0 amide bonds. The predicted octanol–water partition coefficient (Wildman–Crippen LogP) is 5.98. The molecular formula is C20H29NO. The van der Waals surface area contributed by atoms with E-state index in [0.717, 1.165) is 5.57 Å². The van der Waals surface area contributed by atoms with E-state index in [1.807, 2.05) is 19.1 Å². The zero-order valence-corrected chi connectivity index (χ0v) is 14.6. The van der Waals surface area contributed by atoms with Crippen LogP contribution in [0, 0.1) is 5.41 Å². The van der Waals surface area contributed by atoms with Gasteiger partial charge in [0.1, 0.15) is 0 Å². The Morgan fingerprint density at radius 2 is 1.82 bits per heavy atom. The van der Waals surface area contributed by atoms with Crippen LogP contribution in [-0.4, -0.2) is 11.4 Å². The quantitative estimate of drug-likeness (QED) is 0.288. The van der Waals surface area contributed by atoms with Gasteiger partial charge in [0.15, 0.2) is 0 Å². The van der Waals surface area contributed by atoms with Crippen LogP contribution in [0.4, 0.5) is 0 Å². The normalized spacial score (nSPS) is 20.8. The van der Waals surface area contributed by atoms with E-state index >= 15 is 0 Å². The summed E-state index contributed by atoms with van der Waals surface area (Å²) in [6, 6.07) is 0. The van der Waals surface area contributed by atoms with Gasteiger partial charge in [-0.15, -0.1) is 0 Å². The molecule has 0 atom stereocenters. The van der Waals surface area contributed by atoms with E-state index in [4.69, 9.17) is 5.21 Å². The molecule has 0 aliphatic heterocycles. The molecule has 0 aromatic rings. The van der Waals surface area contributed by atoms with Gasteiger partial charge in [-0.05, 0) is 62.7 Å². The van der Waals surface area contributed by atoms with Gasteiger partial charge in [0.2, 0.25) is 0 Å². The second-order valence-electron chi connectivity index (χ2n) is 6.71. The van der Waals surface area contributed by atoms with E-state index in [-0.39, 0.29) is 5.41 Å². The third-order valence-electron chi connectivity index (χ3n) is 4.18. The van der Waals surface area contributed by atoms with Gasteiger partial charge in [0, 0.05) is 0 Å². The molecule has 0 saturated carbocycles. The number of hydrogen-bond donors (Lipinski definition) is 1. The Kier molecular flexibility index (Phi) is 7.10. The fourth-order valence-corrected chi connectivity index (χ4v) is 2.84. The third kappa shape index (κ3) is 5.88. The molecule has 0 radical (unpaired) electrons. The molecule has 1 rings (SSSR count). The summed E-state index contributed by atoms with van der Waals surface area (Å²) in [7, 11) is 0. The van der Waals surface area contributed by atoms with Crippen molar-refractivity contribution in [1.29, 1.82) is 0 Å². The molecule has 1 aliphatic carbocycles. The Bertz CT molecular complexity index is 554. The summed E-state index contributed by atoms with van der Waals surface area (Å²) in [4.78, 5) is 0. The van der Waals surface area contributed by atoms with Crippen LogP contribution >= 0.6 is 0 Å². The Hall–Kier alpha value is -1.83. The summed E-state index contributed by atoms with van der Waals surface area (Å²) in [6.07, 6.45) is 17.5. The first-order valence-electron chi connectivity index (χ1n) is 7.94. The molecule has 1 N–H and O–H groups in total. The average molecular weight is 299 g/mol. The molecular weight excluding hydrogens is 270 g/mol. The summed E-state index contributed by atoms with van der Waals surface area (Å²) < 4.78 is 0. The summed E-state index contributed by atoms with van der Waals surface area (Å²) in [5.74, 6) is 0. The minimum atomic E-state index is 0.290. The minimum Gasteiger partial charge on any atom is -0.411 e. The Labute approximate surface area is 135 Å². The first-order valence-corrected chi connectivity index (χ1v) is 7.94. The van der Waals surface area contributed by atoms with Crippen molar-refractivity contribution < 1.29 is 5.21 Å². The SMILES string of the molecule is CC1=C(/C=C/C(C)=C/C=C\C(C)=C/C=N\O)C(C)(C)CCC1. The average Bonchev–Trinajstić information content (AvgIpc) is 2.43. The van der Waals surface area contributed by atoms with Gasteiger partial charge in [0.05, 0.1) is 6.21 Å². The monoisotopic (exact) mass is 299 g/mol. The highest BCUT2D eigenvalue weighted by Gasteiger charge is 2.26. The van der Waals surface area contributed by atoms with Crippen LogP contribution in [0.15, 0.2) is 63.9 Å². The molecule has 0 unspecified atom stereocenters. The van der Waals surface area contributed by atoms with Crippen molar-refractivity contribution in [2.75, 3.05) is 0 Å². The van der Waals surface area contributed by atoms with Crippen molar-refractivity contribution in [3.63, 3.8) is 0 Å². The maximum absolute atomic E-state index is 8.36. The van der Waals surface area contributed by atoms with Crippen LogP contribution in [0.5, 0.6) is 0 Å². The van der Waals surface area contributed by atoms with Crippen molar-refractivity contribution in [1.82, 2.24) is 0 Å². The lowest BCUT2D eigenvalue weighted by atomic mass is 9.72. The molecule has 0 fully saturated rings. The summed E-state index contributed by atoms with van der Waals surface area (Å²) in [5, 5.41) is 11.3. The van der Waals surface area contributed by atoms with Crippen LogP contribution in [0.3, 0.4) is 0 Å². The second-order valence-corrected chi connectivity index (χ2v) is 6.71. The smallest absolute Gasteiger partial charge is 0.0664 e. The fraction of sp³-hybridized carbons (Fsp3) is 0.450. The first kappa shape index (κ1) is 18.2. The molecule has 0 bridgehead atoms. The van der Waals surface area contributed by atoms with E-state index in [2.05, 4.69) is 51.1 Å². The van der Waals surface area contributed by atoms with Gasteiger partial charge < -0.3 is 5.21 Å². The lowest BCUT2D eigenvalue weighted by molar-refractivity contribution is 0.322. The van der Waals surface area contributed by atoms with Gasteiger partial charge in [-0.25, -0.2) is 0 Å². The third-order valence-corrected chi connectivity index (χ3v) is 4.18. The standard InChI is InChI=1S/C20H29NO/c1-16(8-6-9-17(2)13-15-21-22)11-12-19-18(3)10-7-14-20(19,4)5/h6,8-9,11-13,15,22H,7,10,14H2,1-5H3/b9-6-,12-11+,16-8+,17-13-,21-15-. The maximum atomic E-state index is 8.36. The van der Waals surface area contributed by atoms with Crippen LogP contribution in [-0.2, 0) is 0 Å². The maximum Gasteiger partial charge on any atom is 0.0664 e. The molecule has 22 heavy (non-hydrogen) atoms. The highest BCUT2D eigenvalue weighted by atomic mass is 16.4. The van der Waals surface area contributed by atoms with E-state index in [1.165, 1.54) is 42.2 Å². The highest BCUT2D eigenvalue weighted by molar-refractivity contribution is 5.72. The fourth-order valence-electron chi connectivity index (χ4n) is 2.84. The molecule has 0 saturated heterocycles. The number of nitrogens with zero attached hydrogens (tertiary/aromatic N) is 1. The molecule has 0 heterocycles. The summed E-state index contributed by atoms with van der Waals surface area (Å²) >= 11 is 0.